The maximum absolute atomic E-state index is 11.1. The number of nitrogens with zero attached hydrogens (tertiary/aromatic N) is 3. The summed E-state index contributed by atoms with van der Waals surface area (Å²) in [5, 5.41) is 11.1. The average molecular weight is 273 g/mol. The molecular formula is C14H15N3O3. The third-order valence-corrected chi connectivity index (χ3v) is 2.97. The van der Waals surface area contributed by atoms with Crippen molar-refractivity contribution in [3.63, 3.8) is 0 Å². The molecule has 0 bridgehead atoms. The Morgan fingerprint density at radius 1 is 1.20 bits per heavy atom. The summed E-state index contributed by atoms with van der Waals surface area (Å²) >= 11 is 0. The minimum Gasteiger partial charge on any atom is -0.497 e. The molecule has 0 spiro atoms. The molecule has 0 saturated heterocycles. The van der Waals surface area contributed by atoms with Crippen molar-refractivity contribution in [3.8, 4) is 5.75 Å². The first-order chi connectivity index (χ1) is 9.52. The van der Waals surface area contributed by atoms with Crippen molar-refractivity contribution in [3.05, 3.63) is 52.2 Å². The van der Waals surface area contributed by atoms with Gasteiger partial charge >= 0.3 is 5.69 Å². The van der Waals surface area contributed by atoms with Gasteiger partial charge in [0.05, 0.1) is 12.0 Å². The van der Waals surface area contributed by atoms with Crippen LogP contribution in [0.1, 0.15) is 5.69 Å². The lowest BCUT2D eigenvalue weighted by atomic mass is 10.2. The fourth-order valence-electron chi connectivity index (χ4n) is 1.85. The Kier molecular flexibility index (Phi) is 3.84. The third kappa shape index (κ3) is 2.69. The van der Waals surface area contributed by atoms with E-state index >= 15 is 0 Å². The van der Waals surface area contributed by atoms with Crippen LogP contribution in [-0.2, 0) is 0 Å². The lowest BCUT2D eigenvalue weighted by Gasteiger charge is -2.18. The van der Waals surface area contributed by atoms with Crippen LogP contribution in [0.4, 0.5) is 17.2 Å². The molecule has 6 heteroatoms. The summed E-state index contributed by atoms with van der Waals surface area (Å²) in [7, 11) is 3.34. The van der Waals surface area contributed by atoms with Crippen LogP contribution < -0.4 is 9.64 Å². The molecule has 0 unspecified atom stereocenters. The summed E-state index contributed by atoms with van der Waals surface area (Å²) in [5.74, 6) is 1.05. The summed E-state index contributed by atoms with van der Waals surface area (Å²) in [5.41, 5.74) is 1.51. The molecule has 2 rings (SSSR count). The molecule has 0 N–H and O–H groups in total. The highest BCUT2D eigenvalue weighted by Crippen LogP contribution is 2.31. The number of hydrogen-bond acceptors (Lipinski definition) is 5. The van der Waals surface area contributed by atoms with E-state index in [-0.39, 0.29) is 5.69 Å². The van der Waals surface area contributed by atoms with Gasteiger partial charge in [0.2, 0.25) is 5.82 Å². The minimum atomic E-state index is -0.429. The summed E-state index contributed by atoms with van der Waals surface area (Å²) in [6, 6.07) is 10.3. The monoisotopic (exact) mass is 273 g/mol. The molecule has 1 aromatic heterocycles. The molecule has 1 heterocycles. The Balaban J connectivity index is 2.43. The van der Waals surface area contributed by atoms with Crippen molar-refractivity contribution in [2.75, 3.05) is 19.1 Å². The fourth-order valence-corrected chi connectivity index (χ4v) is 1.85. The van der Waals surface area contributed by atoms with Gasteiger partial charge in [0.25, 0.3) is 0 Å². The van der Waals surface area contributed by atoms with Gasteiger partial charge in [0, 0.05) is 24.5 Å². The Morgan fingerprint density at radius 2 is 1.85 bits per heavy atom. The predicted molar refractivity (Wildman–Crippen MR) is 76.7 cm³/mol. The Hall–Kier alpha value is -2.63. The molecule has 0 aliphatic rings. The largest absolute Gasteiger partial charge is 0.497 e. The molecule has 20 heavy (non-hydrogen) atoms. The first-order valence-electron chi connectivity index (χ1n) is 6.02. The zero-order chi connectivity index (χ0) is 14.7. The van der Waals surface area contributed by atoms with E-state index in [1.807, 2.05) is 12.1 Å². The Morgan fingerprint density at radius 3 is 2.40 bits per heavy atom. The van der Waals surface area contributed by atoms with Gasteiger partial charge < -0.3 is 9.64 Å². The Bertz CT molecular complexity index is 626. The van der Waals surface area contributed by atoms with Crippen LogP contribution in [0.2, 0.25) is 0 Å². The smallest absolute Gasteiger partial charge is 0.311 e. The minimum absolute atomic E-state index is 0.0195. The van der Waals surface area contributed by atoms with Crippen molar-refractivity contribution in [2.45, 2.75) is 6.92 Å². The zero-order valence-electron chi connectivity index (χ0n) is 11.5. The molecule has 104 valence electrons. The van der Waals surface area contributed by atoms with E-state index in [9.17, 15) is 10.1 Å². The molecule has 0 amide bonds. The van der Waals surface area contributed by atoms with Gasteiger partial charge in [0.15, 0.2) is 0 Å². The molecule has 0 saturated carbocycles. The lowest BCUT2D eigenvalue weighted by Crippen LogP contribution is -2.13. The van der Waals surface area contributed by atoms with Crippen molar-refractivity contribution in [2.24, 2.45) is 0 Å². The van der Waals surface area contributed by atoms with E-state index in [4.69, 9.17) is 4.74 Å². The molecular weight excluding hydrogens is 258 g/mol. The second-order valence-corrected chi connectivity index (χ2v) is 4.31. The van der Waals surface area contributed by atoms with Crippen LogP contribution in [-0.4, -0.2) is 24.1 Å². The van der Waals surface area contributed by atoms with Gasteiger partial charge in [-0.2, -0.15) is 0 Å². The number of ether oxygens (including phenoxy) is 1. The van der Waals surface area contributed by atoms with Crippen molar-refractivity contribution < 1.29 is 9.66 Å². The maximum Gasteiger partial charge on any atom is 0.311 e. The van der Waals surface area contributed by atoms with Gasteiger partial charge in [0.1, 0.15) is 5.75 Å². The summed E-state index contributed by atoms with van der Waals surface area (Å²) < 4.78 is 5.09. The van der Waals surface area contributed by atoms with E-state index in [1.165, 1.54) is 6.07 Å². The van der Waals surface area contributed by atoms with Crippen LogP contribution in [0.15, 0.2) is 36.4 Å². The average Bonchev–Trinajstić information content (AvgIpc) is 2.46. The summed E-state index contributed by atoms with van der Waals surface area (Å²) in [4.78, 5) is 16.6. The van der Waals surface area contributed by atoms with Gasteiger partial charge in [-0.05, 0) is 37.3 Å². The number of benzene rings is 1. The van der Waals surface area contributed by atoms with Gasteiger partial charge in [-0.3, -0.25) is 10.1 Å². The molecule has 0 radical (unpaired) electrons. The van der Waals surface area contributed by atoms with Gasteiger partial charge in [-0.15, -0.1) is 0 Å². The molecule has 0 aliphatic heterocycles. The standard InChI is InChI=1S/C14H15N3O3/c1-10-4-9-13(17(18)19)14(15-10)16(2)11-5-7-12(20-3)8-6-11/h4-9H,1-3H3. The van der Waals surface area contributed by atoms with E-state index in [0.29, 0.717) is 5.82 Å². The number of rotatable bonds is 4. The number of pyridine rings is 1. The quantitative estimate of drug-likeness (QED) is 0.632. The number of nitro groups is 1. The number of hydrogen-bond donors (Lipinski definition) is 0. The van der Waals surface area contributed by atoms with Gasteiger partial charge in [-0.25, -0.2) is 4.98 Å². The molecule has 0 fully saturated rings. The second kappa shape index (κ2) is 5.56. The molecule has 1 aromatic carbocycles. The molecule has 0 aliphatic carbocycles. The number of aryl methyl sites for hydroxylation is 1. The summed E-state index contributed by atoms with van der Waals surface area (Å²) in [6.07, 6.45) is 0. The number of methoxy groups -OCH3 is 1. The summed E-state index contributed by atoms with van der Waals surface area (Å²) in [6.45, 7) is 1.80. The predicted octanol–water partition coefficient (Wildman–Crippen LogP) is 3.07. The lowest BCUT2D eigenvalue weighted by molar-refractivity contribution is -0.384. The normalized spacial score (nSPS) is 10.2. The topological polar surface area (TPSA) is 68.5 Å². The van der Waals surface area contributed by atoms with E-state index in [1.54, 1.807) is 44.2 Å². The number of aromatic nitrogens is 1. The molecule has 6 nitrogen and oxygen atoms in total. The SMILES string of the molecule is COc1ccc(N(C)c2nc(C)ccc2[N+](=O)[O-])cc1. The van der Waals surface area contributed by atoms with Crippen LogP contribution in [0.5, 0.6) is 5.75 Å². The van der Waals surface area contributed by atoms with Crippen LogP contribution >= 0.6 is 0 Å². The van der Waals surface area contributed by atoms with Crippen LogP contribution in [0.3, 0.4) is 0 Å². The first kappa shape index (κ1) is 13.8. The highest BCUT2D eigenvalue weighted by atomic mass is 16.6. The fraction of sp³-hybridized carbons (Fsp3) is 0.214. The highest BCUT2D eigenvalue weighted by molar-refractivity contribution is 5.68. The van der Waals surface area contributed by atoms with E-state index in [2.05, 4.69) is 4.98 Å². The van der Waals surface area contributed by atoms with Crippen LogP contribution in [0.25, 0.3) is 0 Å². The molecule has 0 atom stereocenters. The van der Waals surface area contributed by atoms with E-state index < -0.39 is 4.92 Å². The first-order valence-corrected chi connectivity index (χ1v) is 6.02. The van der Waals surface area contributed by atoms with Crippen molar-refractivity contribution >= 4 is 17.2 Å². The highest BCUT2D eigenvalue weighted by Gasteiger charge is 2.19. The maximum atomic E-state index is 11.1. The van der Waals surface area contributed by atoms with Gasteiger partial charge in [-0.1, -0.05) is 0 Å². The van der Waals surface area contributed by atoms with Crippen LogP contribution in [0, 0.1) is 17.0 Å². The third-order valence-electron chi connectivity index (χ3n) is 2.97. The number of anilines is 2. The van der Waals surface area contributed by atoms with Crippen molar-refractivity contribution in [1.82, 2.24) is 4.98 Å². The van der Waals surface area contributed by atoms with Crippen molar-refractivity contribution in [1.29, 1.82) is 0 Å². The molecule has 2 aromatic rings. The van der Waals surface area contributed by atoms with E-state index in [0.717, 1.165) is 17.1 Å². The second-order valence-electron chi connectivity index (χ2n) is 4.31. The Labute approximate surface area is 116 Å². The zero-order valence-corrected chi connectivity index (χ0v) is 11.5.